The van der Waals surface area contributed by atoms with Gasteiger partial charge in [0.05, 0.1) is 7.11 Å². The summed E-state index contributed by atoms with van der Waals surface area (Å²) in [5, 5.41) is 2.36. The van der Waals surface area contributed by atoms with Crippen LogP contribution >= 0.6 is 0 Å². The maximum absolute atomic E-state index is 12.6. The maximum atomic E-state index is 12.6. The van der Waals surface area contributed by atoms with Crippen molar-refractivity contribution in [1.82, 2.24) is 5.32 Å². The molecule has 0 atom stereocenters. The van der Waals surface area contributed by atoms with Crippen LogP contribution in [0, 0.1) is 0 Å². The van der Waals surface area contributed by atoms with Gasteiger partial charge in [-0.15, -0.1) is 0 Å². The lowest BCUT2D eigenvalue weighted by molar-refractivity contribution is 0.300. The van der Waals surface area contributed by atoms with E-state index >= 15 is 0 Å². The SMILES string of the molecule is CN/C(F)=C\C(OC)=C(C)C. The van der Waals surface area contributed by atoms with Gasteiger partial charge in [-0.05, 0) is 19.4 Å². The van der Waals surface area contributed by atoms with E-state index in [-0.39, 0.29) is 0 Å². The summed E-state index contributed by atoms with van der Waals surface area (Å²) in [5.41, 5.74) is 0.943. The van der Waals surface area contributed by atoms with E-state index in [0.717, 1.165) is 5.57 Å². The van der Waals surface area contributed by atoms with Crippen LogP contribution in [0.25, 0.3) is 0 Å². The highest BCUT2D eigenvalue weighted by Crippen LogP contribution is 2.07. The average molecular weight is 159 g/mol. The van der Waals surface area contributed by atoms with E-state index in [1.54, 1.807) is 0 Å². The predicted molar refractivity (Wildman–Crippen MR) is 43.6 cm³/mol. The fraction of sp³-hybridized carbons (Fsp3) is 0.500. The maximum Gasteiger partial charge on any atom is 0.190 e. The third-order valence-corrected chi connectivity index (χ3v) is 1.21. The lowest BCUT2D eigenvalue weighted by Gasteiger charge is -2.03. The Balaban J connectivity index is 4.44. The van der Waals surface area contributed by atoms with Crippen LogP contribution in [0.4, 0.5) is 4.39 Å². The number of halogens is 1. The monoisotopic (exact) mass is 159 g/mol. The lowest BCUT2D eigenvalue weighted by atomic mass is 10.3. The molecule has 0 radical (unpaired) electrons. The van der Waals surface area contributed by atoms with E-state index in [9.17, 15) is 4.39 Å². The smallest absolute Gasteiger partial charge is 0.190 e. The van der Waals surface area contributed by atoms with Crippen molar-refractivity contribution in [3.8, 4) is 0 Å². The van der Waals surface area contributed by atoms with Crippen molar-refractivity contribution in [2.24, 2.45) is 0 Å². The van der Waals surface area contributed by atoms with Crippen LogP contribution in [0.2, 0.25) is 0 Å². The molecule has 0 aliphatic rings. The van der Waals surface area contributed by atoms with Gasteiger partial charge in [0.2, 0.25) is 0 Å². The standard InChI is InChI=1S/C8H14FNO/c1-6(2)7(11-4)5-8(9)10-3/h5,10H,1-4H3/b8-5-. The van der Waals surface area contributed by atoms with Crippen molar-refractivity contribution in [2.45, 2.75) is 13.8 Å². The summed E-state index contributed by atoms with van der Waals surface area (Å²) >= 11 is 0. The van der Waals surface area contributed by atoms with E-state index in [4.69, 9.17) is 4.74 Å². The molecular formula is C8H14FNO. The first-order chi connectivity index (χ1) is 5.11. The molecule has 3 heteroatoms. The predicted octanol–water partition coefficient (Wildman–Crippen LogP) is 1.96. The molecule has 0 amide bonds. The number of hydrogen-bond donors (Lipinski definition) is 1. The number of nitrogens with one attached hydrogen (secondary N) is 1. The van der Waals surface area contributed by atoms with Crippen molar-refractivity contribution in [3.63, 3.8) is 0 Å². The molecule has 64 valence electrons. The summed E-state index contributed by atoms with van der Waals surface area (Å²) in [5.74, 6) is 0.153. The first kappa shape index (κ1) is 10.0. The summed E-state index contributed by atoms with van der Waals surface area (Å²) in [4.78, 5) is 0. The van der Waals surface area contributed by atoms with Gasteiger partial charge in [0.15, 0.2) is 5.95 Å². The molecular weight excluding hydrogens is 145 g/mol. The summed E-state index contributed by atoms with van der Waals surface area (Å²) < 4.78 is 17.5. The Labute approximate surface area is 66.7 Å². The molecule has 0 bridgehead atoms. The van der Waals surface area contributed by atoms with Crippen LogP contribution in [0.3, 0.4) is 0 Å². The van der Waals surface area contributed by atoms with Gasteiger partial charge in [-0.25, -0.2) is 0 Å². The largest absolute Gasteiger partial charge is 0.497 e. The molecule has 0 unspecified atom stereocenters. The summed E-state index contributed by atoms with van der Waals surface area (Å²) in [7, 11) is 3.03. The van der Waals surface area contributed by atoms with Crippen LogP contribution in [0.5, 0.6) is 0 Å². The highest BCUT2D eigenvalue weighted by Gasteiger charge is 1.96. The Morgan fingerprint density at radius 3 is 2.27 bits per heavy atom. The van der Waals surface area contributed by atoms with Crippen molar-refractivity contribution >= 4 is 0 Å². The number of methoxy groups -OCH3 is 1. The molecule has 0 rings (SSSR count). The van der Waals surface area contributed by atoms with Crippen molar-refractivity contribution in [3.05, 3.63) is 23.4 Å². The number of allylic oxidation sites excluding steroid dienone is 2. The summed E-state index contributed by atoms with van der Waals surface area (Å²) in [6.07, 6.45) is 1.31. The molecule has 0 aliphatic carbocycles. The molecule has 0 heterocycles. The zero-order valence-electron chi connectivity index (χ0n) is 7.36. The Morgan fingerprint density at radius 2 is 2.00 bits per heavy atom. The van der Waals surface area contributed by atoms with E-state index in [2.05, 4.69) is 5.32 Å². The molecule has 0 fully saturated rings. The zero-order chi connectivity index (χ0) is 8.85. The van der Waals surface area contributed by atoms with Crippen molar-refractivity contribution in [2.75, 3.05) is 14.2 Å². The molecule has 0 aliphatic heterocycles. The Kier molecular flexibility index (Phi) is 4.34. The van der Waals surface area contributed by atoms with E-state index in [1.807, 2.05) is 13.8 Å². The van der Waals surface area contributed by atoms with Gasteiger partial charge < -0.3 is 10.1 Å². The fourth-order valence-corrected chi connectivity index (χ4v) is 0.595. The number of hydrogen-bond acceptors (Lipinski definition) is 2. The van der Waals surface area contributed by atoms with Gasteiger partial charge in [0.1, 0.15) is 5.76 Å². The van der Waals surface area contributed by atoms with Gasteiger partial charge in [-0.3, -0.25) is 0 Å². The average Bonchev–Trinajstić information content (AvgIpc) is 1.99. The molecule has 0 saturated carbocycles. The first-order valence-corrected chi connectivity index (χ1v) is 3.38. The van der Waals surface area contributed by atoms with E-state index in [0.29, 0.717) is 5.76 Å². The number of rotatable bonds is 3. The Hall–Kier alpha value is -0.990. The van der Waals surface area contributed by atoms with Crippen LogP contribution in [-0.2, 0) is 4.74 Å². The van der Waals surface area contributed by atoms with E-state index in [1.165, 1.54) is 20.2 Å². The van der Waals surface area contributed by atoms with Gasteiger partial charge in [0.25, 0.3) is 0 Å². The number of ether oxygens (including phenoxy) is 1. The van der Waals surface area contributed by atoms with Gasteiger partial charge in [0, 0.05) is 13.1 Å². The van der Waals surface area contributed by atoms with Crippen LogP contribution in [-0.4, -0.2) is 14.2 Å². The minimum Gasteiger partial charge on any atom is -0.497 e. The molecule has 0 aromatic rings. The van der Waals surface area contributed by atoms with E-state index < -0.39 is 5.95 Å². The van der Waals surface area contributed by atoms with Gasteiger partial charge >= 0.3 is 0 Å². The summed E-state index contributed by atoms with van der Waals surface area (Å²) in [6, 6.07) is 0. The van der Waals surface area contributed by atoms with Crippen molar-refractivity contribution < 1.29 is 9.13 Å². The Morgan fingerprint density at radius 1 is 1.45 bits per heavy atom. The topological polar surface area (TPSA) is 21.3 Å². The zero-order valence-corrected chi connectivity index (χ0v) is 7.36. The minimum atomic E-state index is -0.400. The molecule has 0 spiro atoms. The second-order valence-electron chi connectivity index (χ2n) is 2.31. The van der Waals surface area contributed by atoms with Crippen LogP contribution in [0.15, 0.2) is 23.4 Å². The normalized spacial score (nSPS) is 10.8. The Bertz CT molecular complexity index is 181. The molecule has 2 nitrogen and oxygen atoms in total. The quantitative estimate of drug-likeness (QED) is 0.386. The lowest BCUT2D eigenvalue weighted by Crippen LogP contribution is -2.01. The third-order valence-electron chi connectivity index (χ3n) is 1.21. The highest BCUT2D eigenvalue weighted by atomic mass is 19.1. The fourth-order valence-electron chi connectivity index (χ4n) is 0.595. The van der Waals surface area contributed by atoms with Gasteiger partial charge in [-0.2, -0.15) is 4.39 Å². The molecule has 1 N–H and O–H groups in total. The minimum absolute atomic E-state index is 0.400. The van der Waals surface area contributed by atoms with Crippen molar-refractivity contribution in [1.29, 1.82) is 0 Å². The third kappa shape index (κ3) is 3.65. The molecule has 0 aromatic heterocycles. The van der Waals surface area contributed by atoms with Gasteiger partial charge in [-0.1, -0.05) is 0 Å². The molecule has 0 aromatic carbocycles. The molecule has 0 saturated heterocycles. The first-order valence-electron chi connectivity index (χ1n) is 3.38. The summed E-state index contributed by atoms with van der Waals surface area (Å²) in [6.45, 7) is 3.72. The second-order valence-corrected chi connectivity index (χ2v) is 2.31. The second kappa shape index (κ2) is 4.77. The molecule has 11 heavy (non-hydrogen) atoms. The van der Waals surface area contributed by atoms with Crippen LogP contribution in [0.1, 0.15) is 13.8 Å². The highest BCUT2D eigenvalue weighted by molar-refractivity contribution is 5.18. The van der Waals surface area contributed by atoms with Crippen LogP contribution < -0.4 is 5.32 Å².